The van der Waals surface area contributed by atoms with Gasteiger partial charge < -0.3 is 0 Å². The Morgan fingerprint density at radius 2 is 2.14 bits per heavy atom. The van der Waals surface area contributed by atoms with Crippen LogP contribution in [-0.2, 0) is 0 Å². The fourth-order valence-corrected chi connectivity index (χ4v) is 0.929. The van der Waals surface area contributed by atoms with Crippen molar-refractivity contribution in [2.75, 3.05) is 0 Å². The molecule has 0 saturated carbocycles. The van der Waals surface area contributed by atoms with Crippen LogP contribution in [0.25, 0.3) is 0 Å². The van der Waals surface area contributed by atoms with Crippen LogP contribution in [0, 0.1) is 23.0 Å². The van der Waals surface area contributed by atoms with Crippen molar-refractivity contribution in [1.82, 2.24) is 4.98 Å². The van der Waals surface area contributed by atoms with Crippen LogP contribution in [0.1, 0.15) is 17.7 Å². The lowest BCUT2D eigenvalue weighted by molar-refractivity contribution is -0.388. The first kappa shape index (κ1) is 10.4. The van der Waals surface area contributed by atoms with Crippen LogP contribution in [0.5, 0.6) is 0 Å². The third-order valence-corrected chi connectivity index (χ3v) is 1.62. The van der Waals surface area contributed by atoms with Gasteiger partial charge in [-0.15, -0.1) is 0 Å². The average molecular weight is 206 g/mol. The van der Waals surface area contributed by atoms with E-state index < -0.39 is 28.5 Å². The third-order valence-electron chi connectivity index (χ3n) is 1.62. The number of rotatable bonds is 2. The molecule has 1 aromatic heterocycles. The highest BCUT2D eigenvalue weighted by Gasteiger charge is 2.22. The minimum atomic E-state index is -2.90. The van der Waals surface area contributed by atoms with Gasteiger partial charge in [0.15, 0.2) is 0 Å². The molecule has 0 radical (unpaired) electrons. The lowest BCUT2D eigenvalue weighted by Gasteiger charge is -2.03. The second-order valence-corrected chi connectivity index (χ2v) is 2.53. The van der Waals surface area contributed by atoms with Gasteiger partial charge in [0.05, 0.1) is 4.92 Å². The molecule has 0 bridgehead atoms. The fraction of sp³-hybridized carbons (Fsp3) is 0.286. The van der Waals surface area contributed by atoms with Gasteiger partial charge in [-0.25, -0.2) is 13.8 Å². The number of alkyl halides is 2. The van der Waals surface area contributed by atoms with Crippen LogP contribution in [0.3, 0.4) is 0 Å². The van der Waals surface area contributed by atoms with Crippen molar-refractivity contribution in [1.29, 1.82) is 0 Å². The van der Waals surface area contributed by atoms with Crippen LogP contribution in [0.2, 0.25) is 0 Å². The van der Waals surface area contributed by atoms with Crippen LogP contribution in [-0.4, -0.2) is 9.91 Å². The first-order valence-electron chi connectivity index (χ1n) is 3.53. The van der Waals surface area contributed by atoms with Crippen molar-refractivity contribution in [2.45, 2.75) is 13.3 Å². The summed E-state index contributed by atoms with van der Waals surface area (Å²) in [5.41, 5.74) is -1.91. The Balaban J connectivity index is 3.34. The molecule has 0 unspecified atom stereocenters. The van der Waals surface area contributed by atoms with Crippen molar-refractivity contribution < 1.29 is 18.1 Å². The van der Waals surface area contributed by atoms with E-state index in [0.29, 0.717) is 6.07 Å². The topological polar surface area (TPSA) is 56.0 Å². The van der Waals surface area contributed by atoms with E-state index in [1.165, 1.54) is 0 Å². The van der Waals surface area contributed by atoms with Crippen LogP contribution < -0.4 is 0 Å². The molecule has 4 nitrogen and oxygen atoms in total. The molecule has 7 heteroatoms. The molecular formula is C7H5F3N2O2. The minimum absolute atomic E-state index is 0.247. The van der Waals surface area contributed by atoms with Gasteiger partial charge in [-0.05, 0) is 6.92 Å². The highest BCUT2D eigenvalue weighted by atomic mass is 19.3. The van der Waals surface area contributed by atoms with Crippen molar-refractivity contribution >= 4 is 5.69 Å². The van der Waals surface area contributed by atoms with E-state index >= 15 is 0 Å². The van der Waals surface area contributed by atoms with Crippen LogP contribution in [0.15, 0.2) is 6.07 Å². The van der Waals surface area contributed by atoms with Gasteiger partial charge in [-0.1, -0.05) is 0 Å². The van der Waals surface area contributed by atoms with Gasteiger partial charge in [0.2, 0.25) is 0 Å². The number of aromatic nitrogens is 1. The van der Waals surface area contributed by atoms with Gasteiger partial charge >= 0.3 is 5.69 Å². The smallest absolute Gasteiger partial charge is 0.258 e. The first-order valence-corrected chi connectivity index (χ1v) is 3.53. The molecule has 0 fully saturated rings. The number of aryl methyl sites for hydroxylation is 1. The number of pyridine rings is 1. The zero-order valence-corrected chi connectivity index (χ0v) is 7.00. The van der Waals surface area contributed by atoms with Crippen molar-refractivity contribution in [2.24, 2.45) is 0 Å². The van der Waals surface area contributed by atoms with E-state index in [0.717, 1.165) is 6.92 Å². The summed E-state index contributed by atoms with van der Waals surface area (Å²) in [4.78, 5) is 12.1. The summed E-state index contributed by atoms with van der Waals surface area (Å²) in [6.45, 7) is 1.16. The summed E-state index contributed by atoms with van der Waals surface area (Å²) in [6.07, 6.45) is -2.90. The molecule has 0 N–H and O–H groups in total. The molecule has 0 aliphatic heterocycles. The summed E-state index contributed by atoms with van der Waals surface area (Å²) in [5, 5.41) is 10.2. The number of halogens is 3. The summed E-state index contributed by atoms with van der Waals surface area (Å²) >= 11 is 0. The van der Waals surface area contributed by atoms with Gasteiger partial charge in [-0.2, -0.15) is 4.39 Å². The standard InChI is InChI=1S/C7H5F3N2O2/c1-3-4(6(8)9)2-5(12(13)14)7(10)11-3/h2,6H,1H3. The molecule has 0 atom stereocenters. The quantitative estimate of drug-likeness (QED) is 0.424. The number of nitro groups is 1. The monoisotopic (exact) mass is 206 g/mol. The molecule has 1 rings (SSSR count). The van der Waals surface area contributed by atoms with E-state index in [1.807, 2.05) is 0 Å². The molecule has 0 aromatic carbocycles. The zero-order valence-electron chi connectivity index (χ0n) is 7.00. The highest BCUT2D eigenvalue weighted by Crippen LogP contribution is 2.26. The number of nitrogens with zero attached hydrogens (tertiary/aromatic N) is 2. The SMILES string of the molecule is Cc1nc(F)c([N+](=O)[O-])cc1C(F)F. The molecule has 0 aliphatic carbocycles. The van der Waals surface area contributed by atoms with Crippen molar-refractivity contribution in [3.05, 3.63) is 33.4 Å². The van der Waals surface area contributed by atoms with E-state index in [9.17, 15) is 23.3 Å². The molecule has 14 heavy (non-hydrogen) atoms. The molecule has 0 amide bonds. The van der Waals surface area contributed by atoms with Gasteiger partial charge in [0.1, 0.15) is 0 Å². The van der Waals surface area contributed by atoms with Gasteiger partial charge in [0.25, 0.3) is 12.4 Å². The maximum absolute atomic E-state index is 12.7. The molecule has 0 saturated heterocycles. The van der Waals surface area contributed by atoms with E-state index in [-0.39, 0.29) is 5.69 Å². The summed E-state index contributed by atoms with van der Waals surface area (Å²) in [6, 6.07) is 0.502. The predicted molar refractivity (Wildman–Crippen MR) is 40.5 cm³/mol. The van der Waals surface area contributed by atoms with Gasteiger partial charge in [0, 0.05) is 17.3 Å². The number of hydrogen-bond donors (Lipinski definition) is 0. The Labute approximate surface area is 76.5 Å². The summed E-state index contributed by atoms with van der Waals surface area (Å²) in [7, 11) is 0. The molecule has 76 valence electrons. The van der Waals surface area contributed by atoms with Crippen LogP contribution >= 0.6 is 0 Å². The number of hydrogen-bond acceptors (Lipinski definition) is 3. The Morgan fingerprint density at radius 1 is 1.57 bits per heavy atom. The van der Waals surface area contributed by atoms with E-state index in [1.54, 1.807) is 0 Å². The second kappa shape index (κ2) is 3.60. The molecule has 1 heterocycles. The maximum Gasteiger partial charge on any atom is 0.324 e. The fourth-order valence-electron chi connectivity index (χ4n) is 0.929. The Kier molecular flexibility index (Phi) is 2.68. The Morgan fingerprint density at radius 3 is 2.57 bits per heavy atom. The van der Waals surface area contributed by atoms with Crippen LogP contribution in [0.4, 0.5) is 18.9 Å². The zero-order chi connectivity index (χ0) is 10.9. The summed E-state index contributed by atoms with van der Waals surface area (Å²) in [5.74, 6) is -1.35. The molecule has 1 aromatic rings. The lowest BCUT2D eigenvalue weighted by atomic mass is 10.2. The second-order valence-electron chi connectivity index (χ2n) is 2.53. The summed E-state index contributed by atoms with van der Waals surface area (Å²) < 4.78 is 37.2. The third kappa shape index (κ3) is 1.81. The normalized spacial score (nSPS) is 10.6. The molecular weight excluding hydrogens is 201 g/mol. The maximum atomic E-state index is 12.7. The lowest BCUT2D eigenvalue weighted by Crippen LogP contribution is -2.01. The predicted octanol–water partition coefficient (Wildman–Crippen LogP) is 2.37. The Hall–Kier alpha value is -1.66. The van der Waals surface area contributed by atoms with Crippen molar-refractivity contribution in [3.63, 3.8) is 0 Å². The van der Waals surface area contributed by atoms with E-state index in [4.69, 9.17) is 0 Å². The molecule has 0 aliphatic rings. The Bertz CT molecular complexity index is 381. The van der Waals surface area contributed by atoms with Crippen molar-refractivity contribution in [3.8, 4) is 0 Å². The highest BCUT2D eigenvalue weighted by molar-refractivity contribution is 5.35. The molecule has 0 spiro atoms. The van der Waals surface area contributed by atoms with Gasteiger partial charge in [-0.3, -0.25) is 10.1 Å². The van der Waals surface area contributed by atoms with E-state index in [2.05, 4.69) is 4.98 Å². The largest absolute Gasteiger partial charge is 0.324 e. The first-order chi connectivity index (χ1) is 6.43. The average Bonchev–Trinajstić information content (AvgIpc) is 2.02. The minimum Gasteiger partial charge on any atom is -0.258 e.